The number of aromatic hydroxyl groups is 7. The van der Waals surface area contributed by atoms with Crippen molar-refractivity contribution in [3.63, 3.8) is 0 Å². The minimum absolute atomic E-state index is 0.0114. The number of benzene rings is 4. The molecule has 0 radical (unpaired) electrons. The number of aliphatic hydroxyl groups is 2. The summed E-state index contributed by atoms with van der Waals surface area (Å²) in [6.07, 6.45) is -4.97. The highest BCUT2D eigenvalue weighted by Crippen LogP contribution is 2.55. The van der Waals surface area contributed by atoms with E-state index < -0.39 is 47.6 Å². The maximum Gasteiger partial charge on any atom is 0.157 e. The molecule has 0 amide bonds. The number of phenols is 7. The maximum absolute atomic E-state index is 11.7. The zero-order chi connectivity index (χ0) is 29.2. The molecule has 0 fully saturated rings. The molecular weight excluding hydrogens is 536 g/mol. The summed E-state index contributed by atoms with van der Waals surface area (Å²) in [7, 11) is 0. The second-order valence-corrected chi connectivity index (χ2v) is 10.2. The molecule has 0 saturated carbocycles. The molecule has 0 bridgehead atoms. The molecule has 4 aromatic carbocycles. The van der Waals surface area contributed by atoms with E-state index in [2.05, 4.69) is 0 Å². The van der Waals surface area contributed by atoms with Crippen LogP contribution in [0.1, 0.15) is 45.9 Å². The van der Waals surface area contributed by atoms with Crippen LogP contribution in [0.4, 0.5) is 0 Å². The zero-order valence-electron chi connectivity index (χ0n) is 21.2. The van der Waals surface area contributed by atoms with Gasteiger partial charge in [0.15, 0.2) is 29.1 Å². The summed E-state index contributed by atoms with van der Waals surface area (Å²) in [4.78, 5) is 0. The molecule has 0 saturated heterocycles. The summed E-state index contributed by atoms with van der Waals surface area (Å²) < 4.78 is 12.2. The van der Waals surface area contributed by atoms with Crippen LogP contribution in [0.15, 0.2) is 60.7 Å². The normalized spacial score (nSPS) is 23.1. The van der Waals surface area contributed by atoms with Gasteiger partial charge in [0.1, 0.15) is 41.0 Å². The molecule has 0 aliphatic carbocycles. The van der Waals surface area contributed by atoms with Crippen molar-refractivity contribution < 1.29 is 55.4 Å². The summed E-state index contributed by atoms with van der Waals surface area (Å²) in [5.74, 6) is -3.45. The Bertz CT molecular complexity index is 1670. The number of phenolic OH excluding ortho intramolecular Hbond substituents is 7. The van der Waals surface area contributed by atoms with Crippen molar-refractivity contribution in [3.8, 4) is 51.7 Å². The van der Waals surface area contributed by atoms with Crippen LogP contribution in [-0.4, -0.2) is 58.2 Å². The quantitative estimate of drug-likeness (QED) is 0.166. The van der Waals surface area contributed by atoms with Gasteiger partial charge in [-0.3, -0.25) is 0 Å². The molecule has 11 nitrogen and oxygen atoms in total. The largest absolute Gasteiger partial charge is 0.508 e. The molecule has 9 N–H and O–H groups in total. The number of hydrogen-bond acceptors (Lipinski definition) is 11. The van der Waals surface area contributed by atoms with E-state index in [1.807, 2.05) is 0 Å². The second kappa shape index (κ2) is 9.58. The molecule has 6 rings (SSSR count). The fourth-order valence-electron chi connectivity index (χ4n) is 5.61. The zero-order valence-corrected chi connectivity index (χ0v) is 21.2. The molecule has 41 heavy (non-hydrogen) atoms. The fourth-order valence-corrected chi connectivity index (χ4v) is 5.61. The lowest BCUT2D eigenvalue weighted by Crippen LogP contribution is -2.36. The van der Waals surface area contributed by atoms with Crippen molar-refractivity contribution in [2.45, 2.75) is 36.8 Å². The van der Waals surface area contributed by atoms with Crippen LogP contribution in [0.25, 0.3) is 0 Å². The monoisotopic (exact) mass is 562 g/mol. The van der Waals surface area contributed by atoms with E-state index in [9.17, 15) is 46.0 Å². The summed E-state index contributed by atoms with van der Waals surface area (Å²) >= 11 is 0. The van der Waals surface area contributed by atoms with Gasteiger partial charge < -0.3 is 55.4 Å². The van der Waals surface area contributed by atoms with E-state index in [0.29, 0.717) is 11.1 Å². The van der Waals surface area contributed by atoms with Gasteiger partial charge in [-0.15, -0.1) is 0 Å². The molecule has 4 aromatic rings. The molecule has 11 heteroatoms. The lowest BCUT2D eigenvalue weighted by Gasteiger charge is -2.40. The Kier molecular flexibility index (Phi) is 6.13. The van der Waals surface area contributed by atoms with Gasteiger partial charge in [-0.05, 0) is 41.5 Å². The Hall–Kier alpha value is -5.00. The van der Waals surface area contributed by atoms with E-state index in [4.69, 9.17) is 9.47 Å². The fraction of sp³-hybridized carbons (Fsp3) is 0.200. The molecule has 2 aliphatic rings. The number of ether oxygens (including phenoxy) is 2. The van der Waals surface area contributed by atoms with Gasteiger partial charge in [-0.2, -0.15) is 0 Å². The third kappa shape index (κ3) is 4.31. The SMILES string of the molecule is Oc1ccc2c(c1)O[C@H](c1ccc(O)c(O)c1)[C@@H](O)[C@@H]2c1c(O)cc(O)c2c1O[C@@H](c1ccc(O)c(O)c1)[C@@H](O)C2. The predicted octanol–water partition coefficient (Wildman–Crippen LogP) is 3.29. The van der Waals surface area contributed by atoms with E-state index in [0.717, 1.165) is 6.07 Å². The van der Waals surface area contributed by atoms with Crippen molar-refractivity contribution in [2.24, 2.45) is 0 Å². The first-order chi connectivity index (χ1) is 19.5. The molecule has 0 spiro atoms. The van der Waals surface area contributed by atoms with Gasteiger partial charge in [0.05, 0.1) is 6.10 Å². The van der Waals surface area contributed by atoms with Gasteiger partial charge in [0, 0.05) is 41.2 Å². The van der Waals surface area contributed by atoms with Crippen molar-refractivity contribution in [2.75, 3.05) is 0 Å². The lowest BCUT2D eigenvalue weighted by atomic mass is 9.78. The van der Waals surface area contributed by atoms with Crippen LogP contribution >= 0.6 is 0 Å². The van der Waals surface area contributed by atoms with Gasteiger partial charge >= 0.3 is 0 Å². The number of rotatable bonds is 3. The van der Waals surface area contributed by atoms with Crippen LogP contribution in [-0.2, 0) is 6.42 Å². The maximum atomic E-state index is 11.7. The minimum Gasteiger partial charge on any atom is -0.508 e. The minimum atomic E-state index is -1.43. The van der Waals surface area contributed by atoms with Crippen LogP contribution in [0.2, 0.25) is 0 Å². The van der Waals surface area contributed by atoms with E-state index in [1.165, 1.54) is 54.6 Å². The van der Waals surface area contributed by atoms with Crippen molar-refractivity contribution in [1.29, 1.82) is 0 Å². The first-order valence-corrected chi connectivity index (χ1v) is 12.7. The molecule has 2 heterocycles. The molecule has 5 atom stereocenters. The average Bonchev–Trinajstić information content (AvgIpc) is 2.93. The third-order valence-electron chi connectivity index (χ3n) is 7.59. The Labute approximate surface area is 232 Å². The Morgan fingerprint density at radius 2 is 1.22 bits per heavy atom. The Balaban J connectivity index is 1.53. The summed E-state index contributed by atoms with van der Waals surface area (Å²) in [6.45, 7) is 0. The second-order valence-electron chi connectivity index (χ2n) is 10.2. The number of fused-ring (bicyclic) bond motifs is 2. The van der Waals surface area contributed by atoms with Crippen LogP contribution in [0, 0.1) is 0 Å². The van der Waals surface area contributed by atoms with Crippen molar-refractivity contribution >= 4 is 0 Å². The van der Waals surface area contributed by atoms with Crippen LogP contribution < -0.4 is 9.47 Å². The smallest absolute Gasteiger partial charge is 0.157 e. The Morgan fingerprint density at radius 1 is 0.585 bits per heavy atom. The highest BCUT2D eigenvalue weighted by atomic mass is 16.5. The van der Waals surface area contributed by atoms with Crippen LogP contribution in [0.3, 0.4) is 0 Å². The highest BCUT2D eigenvalue weighted by molar-refractivity contribution is 5.63. The molecular formula is C30H26O11. The van der Waals surface area contributed by atoms with E-state index >= 15 is 0 Å². The van der Waals surface area contributed by atoms with Crippen molar-refractivity contribution in [3.05, 3.63) is 88.5 Å². The first-order valence-electron chi connectivity index (χ1n) is 12.7. The summed E-state index contributed by atoms with van der Waals surface area (Å²) in [5.41, 5.74) is 1.19. The topological polar surface area (TPSA) is 201 Å². The van der Waals surface area contributed by atoms with Gasteiger partial charge in [0.25, 0.3) is 0 Å². The molecule has 2 aliphatic heterocycles. The number of hydrogen-bond donors (Lipinski definition) is 9. The molecule has 0 unspecified atom stereocenters. The van der Waals surface area contributed by atoms with E-state index in [-0.39, 0.29) is 57.6 Å². The summed E-state index contributed by atoms with van der Waals surface area (Å²) in [5, 5.41) is 94.4. The standard InChI is InChI=1S/C30H26O11/c31-14-3-4-15-24(9-14)40-29(13-2-6-18(33)21(36)8-13)27(39)25(15)26-22(37)11-19(34)16-10-23(38)28(41-30(16)26)12-1-5-17(32)20(35)7-12/h1-9,11,23,25,27-29,31-39H,10H2/t23-,25-,27-,28-,29+/m0/s1. The Morgan fingerprint density at radius 3 is 1.85 bits per heavy atom. The number of aliphatic hydroxyl groups excluding tert-OH is 2. The predicted molar refractivity (Wildman–Crippen MR) is 142 cm³/mol. The summed E-state index contributed by atoms with van der Waals surface area (Å²) in [6, 6.07) is 13.1. The highest BCUT2D eigenvalue weighted by Gasteiger charge is 2.44. The molecule has 212 valence electrons. The van der Waals surface area contributed by atoms with E-state index in [1.54, 1.807) is 0 Å². The van der Waals surface area contributed by atoms with Crippen LogP contribution in [0.5, 0.6) is 51.7 Å². The third-order valence-corrected chi connectivity index (χ3v) is 7.59. The lowest BCUT2D eigenvalue weighted by molar-refractivity contribution is 0.00186. The van der Waals surface area contributed by atoms with Gasteiger partial charge in [-0.1, -0.05) is 18.2 Å². The molecule has 0 aromatic heterocycles. The first kappa shape index (κ1) is 26.2. The van der Waals surface area contributed by atoms with Gasteiger partial charge in [-0.25, -0.2) is 0 Å². The average molecular weight is 563 g/mol. The van der Waals surface area contributed by atoms with Crippen molar-refractivity contribution in [1.82, 2.24) is 0 Å². The van der Waals surface area contributed by atoms with Gasteiger partial charge in [0.2, 0.25) is 0 Å².